The van der Waals surface area contributed by atoms with Crippen LogP contribution in [0.2, 0.25) is 0 Å². The van der Waals surface area contributed by atoms with E-state index in [4.69, 9.17) is 10.5 Å². The predicted molar refractivity (Wildman–Crippen MR) is 86.0 cm³/mol. The zero-order chi connectivity index (χ0) is 14.8. The Bertz CT molecular complexity index is 289. The van der Waals surface area contributed by atoms with Crippen molar-refractivity contribution in [1.82, 2.24) is 5.32 Å². The molecular weight excluding hydrogens is 272 g/mol. The second kappa shape index (κ2) is 9.64. The standard InChI is InChI=1S/C15H30N2O2S/c1-3-9-17-15(14(16)18)8-4-6-13(15)7-12-20-11-5-10-19-2/h13,17H,3-12H2,1-2H3,(H2,16,18). The number of methoxy groups -OCH3 is 1. The van der Waals surface area contributed by atoms with E-state index in [9.17, 15) is 4.79 Å². The Labute approximate surface area is 127 Å². The van der Waals surface area contributed by atoms with Gasteiger partial charge in [0.15, 0.2) is 0 Å². The molecule has 0 aromatic rings. The summed E-state index contributed by atoms with van der Waals surface area (Å²) in [7, 11) is 1.74. The molecule has 20 heavy (non-hydrogen) atoms. The highest BCUT2D eigenvalue weighted by molar-refractivity contribution is 7.99. The van der Waals surface area contributed by atoms with Crippen LogP contribution in [-0.2, 0) is 9.53 Å². The zero-order valence-corrected chi connectivity index (χ0v) is 13.8. The quantitative estimate of drug-likeness (QED) is 0.574. The predicted octanol–water partition coefficient (Wildman–Crippen LogP) is 2.17. The van der Waals surface area contributed by atoms with Crippen molar-refractivity contribution in [3.8, 4) is 0 Å². The van der Waals surface area contributed by atoms with E-state index in [0.29, 0.717) is 5.92 Å². The summed E-state index contributed by atoms with van der Waals surface area (Å²) in [6, 6.07) is 0. The highest BCUT2D eigenvalue weighted by atomic mass is 32.2. The molecule has 5 heteroatoms. The number of carbonyl (C=O) groups excluding carboxylic acids is 1. The molecule has 3 N–H and O–H groups in total. The fourth-order valence-corrected chi connectivity index (χ4v) is 4.07. The average Bonchev–Trinajstić information content (AvgIpc) is 2.84. The smallest absolute Gasteiger partial charge is 0.238 e. The van der Waals surface area contributed by atoms with Gasteiger partial charge in [-0.2, -0.15) is 11.8 Å². The van der Waals surface area contributed by atoms with E-state index in [1.807, 2.05) is 11.8 Å². The Morgan fingerprint density at radius 2 is 2.30 bits per heavy atom. The lowest BCUT2D eigenvalue weighted by Crippen LogP contribution is -2.58. The van der Waals surface area contributed by atoms with Gasteiger partial charge in [0.05, 0.1) is 0 Å². The van der Waals surface area contributed by atoms with Gasteiger partial charge in [-0.1, -0.05) is 13.3 Å². The fraction of sp³-hybridized carbons (Fsp3) is 0.933. The Hall–Kier alpha value is -0.260. The van der Waals surface area contributed by atoms with Crippen molar-refractivity contribution in [2.75, 3.05) is 31.8 Å². The number of amides is 1. The molecule has 1 aliphatic rings. The number of hydrogen-bond donors (Lipinski definition) is 2. The van der Waals surface area contributed by atoms with E-state index < -0.39 is 5.54 Å². The molecule has 2 atom stereocenters. The van der Waals surface area contributed by atoms with Crippen molar-refractivity contribution in [2.45, 2.75) is 51.0 Å². The van der Waals surface area contributed by atoms with Gasteiger partial charge in [-0.25, -0.2) is 0 Å². The highest BCUT2D eigenvalue weighted by Gasteiger charge is 2.46. The van der Waals surface area contributed by atoms with Crippen LogP contribution in [0.25, 0.3) is 0 Å². The molecule has 118 valence electrons. The Morgan fingerprint density at radius 3 is 2.95 bits per heavy atom. The third kappa shape index (κ3) is 4.93. The number of nitrogens with one attached hydrogen (secondary N) is 1. The summed E-state index contributed by atoms with van der Waals surface area (Å²) < 4.78 is 5.05. The largest absolute Gasteiger partial charge is 0.385 e. The van der Waals surface area contributed by atoms with Crippen LogP contribution < -0.4 is 11.1 Å². The maximum Gasteiger partial charge on any atom is 0.238 e. The summed E-state index contributed by atoms with van der Waals surface area (Å²) >= 11 is 1.96. The van der Waals surface area contributed by atoms with Gasteiger partial charge in [-0.15, -0.1) is 0 Å². The van der Waals surface area contributed by atoms with Gasteiger partial charge in [0.1, 0.15) is 5.54 Å². The van der Waals surface area contributed by atoms with Crippen LogP contribution in [0.4, 0.5) is 0 Å². The van der Waals surface area contributed by atoms with E-state index >= 15 is 0 Å². The Balaban J connectivity index is 2.39. The van der Waals surface area contributed by atoms with E-state index in [0.717, 1.165) is 63.2 Å². The molecular formula is C15H30N2O2S. The lowest BCUT2D eigenvalue weighted by atomic mass is 9.84. The summed E-state index contributed by atoms with van der Waals surface area (Å²) in [6.07, 6.45) is 6.35. The number of ether oxygens (including phenoxy) is 1. The Kier molecular flexibility index (Phi) is 8.57. The summed E-state index contributed by atoms with van der Waals surface area (Å²) in [5, 5.41) is 3.45. The van der Waals surface area contributed by atoms with Gasteiger partial charge in [0.2, 0.25) is 5.91 Å². The van der Waals surface area contributed by atoms with Crippen LogP contribution in [0.5, 0.6) is 0 Å². The van der Waals surface area contributed by atoms with Crippen molar-refractivity contribution < 1.29 is 9.53 Å². The van der Waals surface area contributed by atoms with Crippen molar-refractivity contribution >= 4 is 17.7 Å². The van der Waals surface area contributed by atoms with Gasteiger partial charge < -0.3 is 15.8 Å². The molecule has 1 saturated carbocycles. The second-order valence-electron chi connectivity index (χ2n) is 5.60. The van der Waals surface area contributed by atoms with E-state index in [-0.39, 0.29) is 5.91 Å². The summed E-state index contributed by atoms with van der Waals surface area (Å²) in [5.41, 5.74) is 5.27. The van der Waals surface area contributed by atoms with Gasteiger partial charge in [0, 0.05) is 13.7 Å². The molecule has 0 aliphatic heterocycles. The average molecular weight is 302 g/mol. The van der Waals surface area contributed by atoms with Crippen LogP contribution >= 0.6 is 11.8 Å². The first kappa shape index (κ1) is 17.8. The number of primary amides is 1. The molecule has 0 bridgehead atoms. The third-order valence-corrected chi connectivity index (χ3v) is 5.30. The first-order chi connectivity index (χ1) is 9.67. The molecule has 2 unspecified atom stereocenters. The number of nitrogens with two attached hydrogens (primary N) is 1. The van der Waals surface area contributed by atoms with Crippen LogP contribution in [0.3, 0.4) is 0 Å². The first-order valence-electron chi connectivity index (χ1n) is 7.79. The van der Waals surface area contributed by atoms with Gasteiger partial charge in [0.25, 0.3) is 0 Å². The molecule has 4 nitrogen and oxygen atoms in total. The molecule has 1 amide bonds. The SMILES string of the molecule is CCCNC1(C(N)=O)CCCC1CCSCCCOC. The summed E-state index contributed by atoms with van der Waals surface area (Å²) in [6.45, 7) is 3.83. The number of hydrogen-bond acceptors (Lipinski definition) is 4. The van der Waals surface area contributed by atoms with Crippen LogP contribution in [0.15, 0.2) is 0 Å². The van der Waals surface area contributed by atoms with Gasteiger partial charge in [-0.3, -0.25) is 4.79 Å². The van der Waals surface area contributed by atoms with Crippen molar-refractivity contribution in [2.24, 2.45) is 11.7 Å². The molecule has 0 saturated heterocycles. The van der Waals surface area contributed by atoms with Crippen molar-refractivity contribution in [3.05, 3.63) is 0 Å². The van der Waals surface area contributed by atoms with Crippen LogP contribution in [0, 0.1) is 5.92 Å². The summed E-state index contributed by atoms with van der Waals surface area (Å²) in [5.74, 6) is 2.49. The van der Waals surface area contributed by atoms with Gasteiger partial charge in [-0.05, 0) is 56.1 Å². The zero-order valence-electron chi connectivity index (χ0n) is 13.0. The summed E-state index contributed by atoms with van der Waals surface area (Å²) in [4.78, 5) is 12.0. The fourth-order valence-electron chi connectivity index (χ4n) is 3.09. The number of carbonyl (C=O) groups is 1. The van der Waals surface area contributed by atoms with E-state index in [1.165, 1.54) is 0 Å². The molecule has 0 aromatic carbocycles. The minimum Gasteiger partial charge on any atom is -0.385 e. The molecule has 0 radical (unpaired) electrons. The first-order valence-corrected chi connectivity index (χ1v) is 8.94. The monoisotopic (exact) mass is 302 g/mol. The molecule has 1 aliphatic carbocycles. The maximum atomic E-state index is 12.0. The second-order valence-corrected chi connectivity index (χ2v) is 6.82. The van der Waals surface area contributed by atoms with Gasteiger partial charge >= 0.3 is 0 Å². The topological polar surface area (TPSA) is 64.3 Å². The highest BCUT2D eigenvalue weighted by Crippen LogP contribution is 2.38. The molecule has 0 heterocycles. The molecule has 0 spiro atoms. The lowest BCUT2D eigenvalue weighted by molar-refractivity contribution is -0.126. The third-order valence-electron chi connectivity index (χ3n) is 4.20. The maximum absolute atomic E-state index is 12.0. The minimum absolute atomic E-state index is 0.155. The molecule has 1 rings (SSSR count). The number of rotatable bonds is 11. The lowest BCUT2D eigenvalue weighted by Gasteiger charge is -2.33. The normalized spacial score (nSPS) is 26.0. The number of thioether (sulfide) groups is 1. The van der Waals surface area contributed by atoms with E-state index in [2.05, 4.69) is 12.2 Å². The molecule has 1 fully saturated rings. The Morgan fingerprint density at radius 1 is 1.50 bits per heavy atom. The van der Waals surface area contributed by atoms with Crippen molar-refractivity contribution in [3.63, 3.8) is 0 Å². The van der Waals surface area contributed by atoms with Crippen LogP contribution in [0.1, 0.15) is 45.4 Å². The van der Waals surface area contributed by atoms with E-state index in [1.54, 1.807) is 7.11 Å². The van der Waals surface area contributed by atoms with Crippen molar-refractivity contribution in [1.29, 1.82) is 0 Å². The molecule has 0 aromatic heterocycles. The van der Waals surface area contributed by atoms with Crippen LogP contribution in [-0.4, -0.2) is 43.2 Å². The minimum atomic E-state index is -0.441.